The summed E-state index contributed by atoms with van der Waals surface area (Å²) in [5, 5.41) is 13.4. The van der Waals surface area contributed by atoms with Crippen molar-refractivity contribution in [2.45, 2.75) is 19.1 Å². The number of aromatic nitrogens is 1. The Hall–Kier alpha value is -1.01. The van der Waals surface area contributed by atoms with Crippen molar-refractivity contribution >= 4 is 0 Å². The number of rotatable bonds is 6. The summed E-state index contributed by atoms with van der Waals surface area (Å²) in [6.45, 7) is 6.77. The van der Waals surface area contributed by atoms with E-state index in [2.05, 4.69) is 22.1 Å². The van der Waals surface area contributed by atoms with Gasteiger partial charge in [0.05, 0.1) is 19.3 Å². The van der Waals surface area contributed by atoms with Crippen molar-refractivity contribution in [2.75, 3.05) is 39.4 Å². The maximum Gasteiger partial charge on any atom is 0.0791 e. The average molecular weight is 265 g/mol. The number of hydrogen-bond acceptors (Lipinski definition) is 5. The summed E-state index contributed by atoms with van der Waals surface area (Å²) < 4.78 is 5.29. The molecule has 2 rings (SSSR count). The minimum atomic E-state index is -0.345. The lowest BCUT2D eigenvalue weighted by Gasteiger charge is -2.29. The van der Waals surface area contributed by atoms with Crippen molar-refractivity contribution in [1.29, 1.82) is 0 Å². The van der Waals surface area contributed by atoms with Crippen LogP contribution in [-0.2, 0) is 4.74 Å². The first kappa shape index (κ1) is 14.4. The van der Waals surface area contributed by atoms with Crippen LogP contribution in [-0.4, -0.2) is 60.5 Å². The van der Waals surface area contributed by atoms with Crippen molar-refractivity contribution in [1.82, 2.24) is 15.2 Å². The molecule has 5 heteroatoms. The highest BCUT2D eigenvalue weighted by Crippen LogP contribution is 2.10. The Morgan fingerprint density at radius 3 is 2.74 bits per heavy atom. The van der Waals surface area contributed by atoms with Crippen LogP contribution in [0.2, 0.25) is 0 Å². The molecule has 2 N–H and O–H groups in total. The third-order valence-electron chi connectivity index (χ3n) is 3.44. The zero-order chi connectivity index (χ0) is 13.5. The van der Waals surface area contributed by atoms with Crippen molar-refractivity contribution in [3.05, 3.63) is 30.1 Å². The molecule has 19 heavy (non-hydrogen) atoms. The topological polar surface area (TPSA) is 57.6 Å². The van der Waals surface area contributed by atoms with Crippen LogP contribution in [0.15, 0.2) is 24.5 Å². The van der Waals surface area contributed by atoms with Gasteiger partial charge in [0.1, 0.15) is 0 Å². The van der Waals surface area contributed by atoms with E-state index >= 15 is 0 Å². The zero-order valence-electron chi connectivity index (χ0n) is 11.5. The van der Waals surface area contributed by atoms with E-state index in [1.165, 1.54) is 5.56 Å². The number of aliphatic hydroxyl groups is 1. The Bertz CT molecular complexity index is 355. The Balaban J connectivity index is 1.69. The van der Waals surface area contributed by atoms with E-state index in [0.29, 0.717) is 13.1 Å². The third-order valence-corrected chi connectivity index (χ3v) is 3.44. The van der Waals surface area contributed by atoms with E-state index < -0.39 is 0 Å². The van der Waals surface area contributed by atoms with Crippen LogP contribution in [0.5, 0.6) is 0 Å². The van der Waals surface area contributed by atoms with Crippen LogP contribution in [0.25, 0.3) is 0 Å². The second-order valence-electron chi connectivity index (χ2n) is 4.98. The number of morpholine rings is 1. The van der Waals surface area contributed by atoms with Gasteiger partial charge in [0.2, 0.25) is 0 Å². The third kappa shape index (κ3) is 4.87. The molecule has 1 aromatic rings. The molecule has 0 amide bonds. The lowest BCUT2D eigenvalue weighted by Crippen LogP contribution is -2.44. The number of nitrogens with zero attached hydrogens (tertiary/aromatic N) is 2. The van der Waals surface area contributed by atoms with E-state index in [1.807, 2.05) is 12.1 Å². The summed E-state index contributed by atoms with van der Waals surface area (Å²) in [5.41, 5.74) is 1.19. The zero-order valence-corrected chi connectivity index (χ0v) is 11.5. The van der Waals surface area contributed by atoms with E-state index in [0.717, 1.165) is 26.3 Å². The quantitative estimate of drug-likeness (QED) is 0.781. The molecular formula is C14H23N3O2. The van der Waals surface area contributed by atoms with Gasteiger partial charge in [0.15, 0.2) is 0 Å². The molecule has 1 aliphatic rings. The number of nitrogens with one attached hydrogen (secondary N) is 1. The fraction of sp³-hybridized carbons (Fsp3) is 0.643. The fourth-order valence-corrected chi connectivity index (χ4v) is 2.23. The number of ether oxygens (including phenoxy) is 1. The molecule has 106 valence electrons. The lowest BCUT2D eigenvalue weighted by molar-refractivity contribution is 0.0145. The summed E-state index contributed by atoms with van der Waals surface area (Å²) in [5.74, 6) is 0. The second-order valence-corrected chi connectivity index (χ2v) is 4.98. The van der Waals surface area contributed by atoms with E-state index in [9.17, 15) is 5.11 Å². The van der Waals surface area contributed by atoms with Gasteiger partial charge in [-0.2, -0.15) is 0 Å². The molecule has 0 radical (unpaired) electrons. The number of β-amino-alcohol motifs (C(OH)–C–C–N with tert-alkyl or cyclic N) is 1. The Labute approximate surface area is 114 Å². The summed E-state index contributed by atoms with van der Waals surface area (Å²) >= 11 is 0. The molecule has 2 atom stereocenters. The molecule has 2 heterocycles. The molecule has 1 fully saturated rings. The number of hydrogen-bond donors (Lipinski definition) is 2. The van der Waals surface area contributed by atoms with Gasteiger partial charge in [0.25, 0.3) is 0 Å². The molecular weight excluding hydrogens is 242 g/mol. The highest BCUT2D eigenvalue weighted by molar-refractivity contribution is 5.13. The maximum atomic E-state index is 10.0. The first-order chi connectivity index (χ1) is 9.25. The largest absolute Gasteiger partial charge is 0.390 e. The van der Waals surface area contributed by atoms with E-state index in [-0.39, 0.29) is 12.1 Å². The molecule has 0 bridgehead atoms. The molecule has 0 aromatic carbocycles. The van der Waals surface area contributed by atoms with Crippen LogP contribution >= 0.6 is 0 Å². The molecule has 5 nitrogen and oxygen atoms in total. The monoisotopic (exact) mass is 265 g/mol. The first-order valence-corrected chi connectivity index (χ1v) is 6.87. The summed E-state index contributed by atoms with van der Waals surface area (Å²) in [6.07, 6.45) is 3.23. The van der Waals surface area contributed by atoms with Crippen LogP contribution in [0.4, 0.5) is 0 Å². The predicted molar refractivity (Wildman–Crippen MR) is 73.9 cm³/mol. The number of aliphatic hydroxyl groups excluding tert-OH is 1. The van der Waals surface area contributed by atoms with Crippen LogP contribution in [0.1, 0.15) is 18.5 Å². The summed E-state index contributed by atoms with van der Waals surface area (Å²) in [7, 11) is 0. The van der Waals surface area contributed by atoms with Gasteiger partial charge in [0, 0.05) is 44.6 Å². The normalized spacial score (nSPS) is 20.1. The molecule has 2 unspecified atom stereocenters. The van der Waals surface area contributed by atoms with E-state index in [4.69, 9.17) is 4.74 Å². The second kappa shape index (κ2) is 7.55. The van der Waals surface area contributed by atoms with Crippen molar-refractivity contribution in [3.63, 3.8) is 0 Å². The van der Waals surface area contributed by atoms with Gasteiger partial charge in [-0.05, 0) is 24.6 Å². The molecule has 0 aliphatic carbocycles. The Kier molecular flexibility index (Phi) is 5.72. The van der Waals surface area contributed by atoms with Gasteiger partial charge in [-0.15, -0.1) is 0 Å². The first-order valence-electron chi connectivity index (χ1n) is 6.87. The fourth-order valence-electron chi connectivity index (χ4n) is 2.23. The average Bonchev–Trinajstić information content (AvgIpc) is 2.47. The smallest absolute Gasteiger partial charge is 0.0791 e. The van der Waals surface area contributed by atoms with Gasteiger partial charge in [-0.1, -0.05) is 0 Å². The summed E-state index contributed by atoms with van der Waals surface area (Å²) in [4.78, 5) is 6.25. The predicted octanol–water partition coefficient (Wildman–Crippen LogP) is 0.425. The highest BCUT2D eigenvalue weighted by atomic mass is 16.5. The standard InChI is InChI=1S/C14H23N3O2/c1-12(13-2-4-15-5-3-13)16-10-14(18)11-17-6-8-19-9-7-17/h2-5,12,14,16,18H,6-11H2,1H3. The minimum Gasteiger partial charge on any atom is -0.390 e. The van der Waals surface area contributed by atoms with Gasteiger partial charge >= 0.3 is 0 Å². The molecule has 1 aromatic heterocycles. The molecule has 0 spiro atoms. The Morgan fingerprint density at radius 1 is 1.37 bits per heavy atom. The minimum absolute atomic E-state index is 0.224. The van der Waals surface area contributed by atoms with Crippen molar-refractivity contribution in [2.24, 2.45) is 0 Å². The van der Waals surface area contributed by atoms with Crippen molar-refractivity contribution in [3.8, 4) is 0 Å². The number of pyridine rings is 1. The molecule has 0 saturated carbocycles. The lowest BCUT2D eigenvalue weighted by atomic mass is 10.1. The van der Waals surface area contributed by atoms with Crippen LogP contribution in [0, 0.1) is 0 Å². The van der Waals surface area contributed by atoms with Crippen LogP contribution < -0.4 is 5.32 Å². The van der Waals surface area contributed by atoms with Gasteiger partial charge < -0.3 is 15.2 Å². The SMILES string of the molecule is CC(NCC(O)CN1CCOCC1)c1ccncc1. The van der Waals surface area contributed by atoms with Gasteiger partial charge in [-0.25, -0.2) is 0 Å². The maximum absolute atomic E-state index is 10.0. The van der Waals surface area contributed by atoms with Gasteiger partial charge in [-0.3, -0.25) is 9.88 Å². The van der Waals surface area contributed by atoms with Crippen molar-refractivity contribution < 1.29 is 9.84 Å². The summed E-state index contributed by atoms with van der Waals surface area (Å²) in [6, 6.07) is 4.21. The highest BCUT2D eigenvalue weighted by Gasteiger charge is 2.15. The van der Waals surface area contributed by atoms with E-state index in [1.54, 1.807) is 12.4 Å². The van der Waals surface area contributed by atoms with Crippen LogP contribution in [0.3, 0.4) is 0 Å². The molecule has 1 aliphatic heterocycles. The molecule has 1 saturated heterocycles. The Morgan fingerprint density at radius 2 is 2.05 bits per heavy atom.